The van der Waals surface area contributed by atoms with Gasteiger partial charge >= 0.3 is 6.18 Å². The first kappa shape index (κ1) is 36.8. The number of hydrogen-bond acceptors (Lipinski definition) is 8. The number of nitro benzene ring substituents is 1. The number of rotatable bonds is 7. The fourth-order valence-corrected chi connectivity index (χ4v) is 5.09. The van der Waals surface area contributed by atoms with Crippen molar-refractivity contribution in [3.63, 3.8) is 0 Å². The second-order valence-electron chi connectivity index (χ2n) is 10.9. The van der Waals surface area contributed by atoms with Crippen LogP contribution >= 0.6 is 9.24 Å². The van der Waals surface area contributed by atoms with Crippen LogP contribution in [0.15, 0.2) is 60.7 Å². The highest BCUT2D eigenvalue weighted by Crippen LogP contribution is 2.33. The first-order valence-electron chi connectivity index (χ1n) is 14.6. The molecule has 4 aromatic rings. The van der Waals surface area contributed by atoms with E-state index in [-0.39, 0.29) is 6.54 Å². The predicted octanol–water partition coefficient (Wildman–Crippen LogP) is 6.58. The van der Waals surface area contributed by atoms with Crippen molar-refractivity contribution >= 4 is 43.6 Å². The molecule has 0 bridgehead atoms. The molecule has 0 aliphatic carbocycles. The number of amides is 1. The number of nitrogens with two attached hydrogens (primary N) is 1. The second-order valence-corrected chi connectivity index (χ2v) is 11.2. The van der Waals surface area contributed by atoms with Crippen LogP contribution in [-0.4, -0.2) is 52.3 Å². The van der Waals surface area contributed by atoms with Gasteiger partial charge in [-0.25, -0.2) is 0 Å². The number of piperazine rings is 1. The molecular formula is C33H37F3N7O3P. The van der Waals surface area contributed by atoms with Gasteiger partial charge in [-0.1, -0.05) is 30.3 Å². The third kappa shape index (κ3) is 10.2. The van der Waals surface area contributed by atoms with Gasteiger partial charge in [-0.15, -0.1) is 0 Å². The van der Waals surface area contributed by atoms with Gasteiger partial charge < -0.3 is 11.1 Å². The van der Waals surface area contributed by atoms with E-state index in [4.69, 9.17) is 11.0 Å². The molecule has 1 aliphatic heterocycles. The molecule has 1 saturated heterocycles. The van der Waals surface area contributed by atoms with Gasteiger partial charge in [0.1, 0.15) is 0 Å². The number of aromatic nitrogens is 1. The Morgan fingerprint density at radius 1 is 1.02 bits per heavy atom. The number of halogens is 3. The highest BCUT2D eigenvalue weighted by molar-refractivity contribution is 7.23. The molecule has 248 valence electrons. The van der Waals surface area contributed by atoms with E-state index in [9.17, 15) is 28.1 Å². The summed E-state index contributed by atoms with van der Waals surface area (Å²) in [4.78, 5) is 29.7. The number of nitrogens with zero attached hydrogens (tertiary/aromatic N) is 5. The molecule has 3 aromatic carbocycles. The van der Waals surface area contributed by atoms with Crippen molar-refractivity contribution in [2.45, 2.75) is 40.0 Å². The zero-order valence-electron chi connectivity index (χ0n) is 26.3. The standard InChI is InChI=1S/C20H22F3N3O2.C12H13N3O.CH2NP/c1-15-4-2-3-5-16(15)13-24-8-10-25(11-9-24)14-17-6-7-18(20(21,22)23)12-19(17)26(27)28;1-7-8(2)15-11-4-3-9(14-6-16)5-10(11)12(7)13;2-1-3/h2-7,12H,8-11,13-14H2,1H3;3-6H,1-2H3,(H2,13,15)(H,14,16);3H2. The van der Waals surface area contributed by atoms with Crippen molar-refractivity contribution in [3.8, 4) is 5.81 Å². The Kier molecular flexibility index (Phi) is 13.2. The smallest absolute Gasteiger partial charge is 0.398 e. The lowest BCUT2D eigenvalue weighted by Gasteiger charge is -2.35. The minimum atomic E-state index is -4.59. The quantitative estimate of drug-likeness (QED) is 0.0974. The van der Waals surface area contributed by atoms with Crippen molar-refractivity contribution < 1.29 is 22.9 Å². The fourth-order valence-electron chi connectivity index (χ4n) is 5.09. The molecule has 0 radical (unpaired) electrons. The number of carbonyl (C=O) groups excluding carboxylic acids is 1. The average Bonchev–Trinajstić information content (AvgIpc) is 3.03. The number of nitrogen functional groups attached to an aromatic ring is 1. The molecule has 1 atom stereocenters. The third-order valence-electron chi connectivity index (χ3n) is 7.87. The lowest BCUT2D eigenvalue weighted by Crippen LogP contribution is -2.45. The van der Waals surface area contributed by atoms with Crippen molar-refractivity contribution in [1.29, 1.82) is 5.26 Å². The normalized spacial score (nSPS) is 13.4. The van der Waals surface area contributed by atoms with Gasteiger partial charge in [-0.05, 0) is 71.0 Å². The minimum absolute atomic E-state index is 0.270. The summed E-state index contributed by atoms with van der Waals surface area (Å²) in [6.07, 6.45) is -3.95. The summed E-state index contributed by atoms with van der Waals surface area (Å²) >= 11 is 0. The number of alkyl halides is 3. The van der Waals surface area contributed by atoms with Crippen LogP contribution in [0.4, 0.5) is 30.2 Å². The number of anilines is 2. The van der Waals surface area contributed by atoms with Crippen molar-refractivity contribution in [1.82, 2.24) is 14.8 Å². The molecule has 1 fully saturated rings. The number of hydrogen-bond donors (Lipinski definition) is 2. The molecule has 0 saturated carbocycles. The number of pyridine rings is 1. The summed E-state index contributed by atoms with van der Waals surface area (Å²) < 4.78 is 38.5. The Morgan fingerprint density at radius 3 is 2.17 bits per heavy atom. The van der Waals surface area contributed by atoms with Gasteiger partial charge in [0, 0.05) is 73.4 Å². The number of aryl methyl sites for hydroxylation is 2. The minimum Gasteiger partial charge on any atom is -0.398 e. The zero-order chi connectivity index (χ0) is 34.7. The molecule has 2 heterocycles. The number of fused-ring (bicyclic) bond motifs is 1. The van der Waals surface area contributed by atoms with Crippen LogP contribution in [0, 0.1) is 42.0 Å². The summed E-state index contributed by atoms with van der Waals surface area (Å²) in [5.74, 6) is 1.67. The molecule has 1 aromatic heterocycles. The SMILES string of the molecule is Cc1ccccc1CN1CCN(Cc2ccc(C(F)(F)F)cc2[N+](=O)[O-])CC1.Cc1nc2ccc(NC=O)cc2c(N)c1C.N#CP. The first-order chi connectivity index (χ1) is 22.3. The summed E-state index contributed by atoms with van der Waals surface area (Å²) in [5.41, 5.74) is 11.6. The summed E-state index contributed by atoms with van der Waals surface area (Å²) in [6.45, 7) is 10.1. The molecular weight excluding hydrogens is 630 g/mol. The van der Waals surface area contributed by atoms with E-state index in [2.05, 4.69) is 34.3 Å². The van der Waals surface area contributed by atoms with Crippen LogP contribution in [0.25, 0.3) is 10.9 Å². The topological polar surface area (TPSA) is 141 Å². The van der Waals surface area contributed by atoms with E-state index < -0.39 is 22.4 Å². The second kappa shape index (κ2) is 16.8. The monoisotopic (exact) mass is 667 g/mol. The highest BCUT2D eigenvalue weighted by Gasteiger charge is 2.33. The first-order valence-corrected chi connectivity index (χ1v) is 15.2. The largest absolute Gasteiger partial charge is 0.416 e. The van der Waals surface area contributed by atoms with Gasteiger partial charge in [-0.3, -0.25) is 29.7 Å². The van der Waals surface area contributed by atoms with Crippen molar-refractivity contribution in [3.05, 3.63) is 104 Å². The van der Waals surface area contributed by atoms with E-state index in [0.717, 1.165) is 59.2 Å². The Labute approximate surface area is 273 Å². The van der Waals surface area contributed by atoms with Crippen LogP contribution in [0.2, 0.25) is 0 Å². The molecule has 5 rings (SSSR count). The Balaban J connectivity index is 0.000000266. The van der Waals surface area contributed by atoms with E-state index in [1.807, 2.05) is 52.3 Å². The molecule has 3 N–H and O–H groups in total. The average molecular weight is 668 g/mol. The molecule has 0 spiro atoms. The molecule has 10 nitrogen and oxygen atoms in total. The highest BCUT2D eigenvalue weighted by atomic mass is 31.0. The lowest BCUT2D eigenvalue weighted by molar-refractivity contribution is -0.386. The van der Waals surface area contributed by atoms with Gasteiger partial charge in [0.05, 0.1) is 21.8 Å². The van der Waals surface area contributed by atoms with Gasteiger partial charge in [0.15, 0.2) is 0 Å². The summed E-state index contributed by atoms with van der Waals surface area (Å²) in [5, 5.41) is 22.0. The van der Waals surface area contributed by atoms with Crippen LogP contribution in [-0.2, 0) is 24.1 Å². The van der Waals surface area contributed by atoms with E-state index in [0.29, 0.717) is 31.1 Å². The molecule has 1 unspecified atom stereocenters. The number of nitriles is 1. The number of nitrogens with one attached hydrogen (secondary N) is 1. The molecule has 47 heavy (non-hydrogen) atoms. The van der Waals surface area contributed by atoms with Crippen molar-refractivity contribution in [2.75, 3.05) is 37.2 Å². The summed E-state index contributed by atoms with van der Waals surface area (Å²) in [6, 6.07) is 16.5. The van der Waals surface area contributed by atoms with E-state index >= 15 is 0 Å². The Hall–Kier alpha value is -4.63. The summed E-state index contributed by atoms with van der Waals surface area (Å²) in [7, 11) is 1.88. The number of carbonyl (C=O) groups is 1. The maximum atomic E-state index is 12.8. The Morgan fingerprint density at radius 2 is 1.62 bits per heavy atom. The fraction of sp³-hybridized carbons (Fsp3) is 0.303. The molecule has 1 aliphatic rings. The van der Waals surface area contributed by atoms with Crippen LogP contribution in [0.3, 0.4) is 0 Å². The lowest BCUT2D eigenvalue weighted by atomic mass is 10.1. The van der Waals surface area contributed by atoms with Gasteiger partial charge in [0.25, 0.3) is 5.69 Å². The van der Waals surface area contributed by atoms with Gasteiger partial charge in [-0.2, -0.15) is 18.4 Å². The van der Waals surface area contributed by atoms with Crippen LogP contribution < -0.4 is 11.1 Å². The maximum Gasteiger partial charge on any atom is 0.416 e. The number of benzene rings is 3. The predicted molar refractivity (Wildman–Crippen MR) is 180 cm³/mol. The van der Waals surface area contributed by atoms with Crippen LogP contribution in [0.5, 0.6) is 0 Å². The van der Waals surface area contributed by atoms with Gasteiger partial charge in [0.2, 0.25) is 6.41 Å². The molecule has 14 heteroatoms. The van der Waals surface area contributed by atoms with Crippen molar-refractivity contribution in [2.24, 2.45) is 0 Å². The molecule has 1 amide bonds. The zero-order valence-corrected chi connectivity index (χ0v) is 27.5. The Bertz CT molecular complexity index is 1750. The number of nitro groups is 1. The third-order valence-corrected chi connectivity index (χ3v) is 7.87. The van der Waals surface area contributed by atoms with Crippen LogP contribution in [0.1, 0.15) is 33.5 Å². The maximum absolute atomic E-state index is 12.8. The van der Waals surface area contributed by atoms with E-state index in [1.165, 1.54) is 17.2 Å². The van der Waals surface area contributed by atoms with E-state index in [1.54, 1.807) is 11.9 Å².